The van der Waals surface area contributed by atoms with E-state index in [-0.39, 0.29) is 11.9 Å². The molecule has 1 aromatic heterocycles. The Balaban J connectivity index is 2.03. The van der Waals surface area contributed by atoms with Crippen molar-refractivity contribution in [3.8, 4) is 5.75 Å². The highest BCUT2D eigenvalue weighted by atomic mass is 32.2. The molecular weight excluding hydrogens is 422 g/mol. The van der Waals surface area contributed by atoms with E-state index < -0.39 is 10.0 Å². The van der Waals surface area contributed by atoms with Crippen molar-refractivity contribution in [3.05, 3.63) is 51.7 Å². The fraction of sp³-hybridized carbons (Fsp3) is 0.476. The minimum Gasteiger partial charge on any atom is -0.497 e. The lowest BCUT2D eigenvalue weighted by Crippen LogP contribution is -2.37. The van der Waals surface area contributed by atoms with E-state index >= 15 is 0 Å². The summed E-state index contributed by atoms with van der Waals surface area (Å²) in [5, 5.41) is 3.06. The van der Waals surface area contributed by atoms with E-state index in [2.05, 4.69) is 34.9 Å². The maximum absolute atomic E-state index is 12.7. The maximum Gasteiger partial charge on any atom is 0.261 e. The summed E-state index contributed by atoms with van der Waals surface area (Å²) in [6, 6.07) is 11.6. The molecule has 1 atom stereocenters. The van der Waals surface area contributed by atoms with E-state index in [1.54, 1.807) is 13.2 Å². The minimum atomic E-state index is -3.20. The molecule has 0 aliphatic carbocycles. The summed E-state index contributed by atoms with van der Waals surface area (Å²) in [7, 11) is -1.56. The first kappa shape index (κ1) is 24.3. The Morgan fingerprint density at radius 1 is 1.20 bits per heavy atom. The Morgan fingerprint density at radius 3 is 2.57 bits per heavy atom. The summed E-state index contributed by atoms with van der Waals surface area (Å²) >= 11 is 1.38. The van der Waals surface area contributed by atoms with E-state index in [0.29, 0.717) is 24.4 Å². The number of carbonyl (C=O) groups is 1. The molecule has 0 saturated carbocycles. The fourth-order valence-electron chi connectivity index (χ4n) is 3.24. The topological polar surface area (TPSA) is 87.7 Å². The molecule has 0 radical (unpaired) electrons. The Hall–Kier alpha value is -1.94. The Kier molecular flexibility index (Phi) is 9.29. The zero-order chi connectivity index (χ0) is 22.1. The van der Waals surface area contributed by atoms with Gasteiger partial charge in [0.25, 0.3) is 5.91 Å². The Morgan fingerprint density at radius 2 is 1.93 bits per heavy atom. The van der Waals surface area contributed by atoms with E-state index in [1.807, 2.05) is 24.3 Å². The van der Waals surface area contributed by atoms with Crippen molar-refractivity contribution in [2.75, 3.05) is 39.5 Å². The number of nitrogens with zero attached hydrogens (tertiary/aromatic N) is 1. The molecular formula is C21H31N3O4S2. The average Bonchev–Trinajstić information content (AvgIpc) is 3.19. The van der Waals surface area contributed by atoms with Gasteiger partial charge in [0.05, 0.1) is 24.3 Å². The third-order valence-electron chi connectivity index (χ3n) is 4.81. The number of rotatable bonds is 12. The molecule has 0 fully saturated rings. The van der Waals surface area contributed by atoms with Gasteiger partial charge in [-0.05, 0) is 49.3 Å². The molecule has 2 rings (SSSR count). The van der Waals surface area contributed by atoms with Crippen LogP contribution in [-0.4, -0.2) is 58.8 Å². The van der Waals surface area contributed by atoms with Crippen molar-refractivity contribution >= 4 is 27.3 Å². The van der Waals surface area contributed by atoms with Crippen LogP contribution in [0.25, 0.3) is 0 Å². The summed E-state index contributed by atoms with van der Waals surface area (Å²) in [5.41, 5.74) is 1.09. The molecule has 7 nitrogen and oxygen atoms in total. The van der Waals surface area contributed by atoms with Crippen molar-refractivity contribution in [2.45, 2.75) is 26.3 Å². The number of likely N-dealkylation sites (N-methyl/N-ethyl adjacent to an activating group) is 1. The SMILES string of the molecule is CCN(CC)C(CNC(=O)c1ccc(CCNS(C)(=O)=O)s1)c1cccc(OC)c1. The molecule has 0 spiro atoms. The second-order valence-electron chi connectivity index (χ2n) is 6.91. The summed E-state index contributed by atoms with van der Waals surface area (Å²) in [6.45, 7) is 6.75. The predicted octanol–water partition coefficient (Wildman–Crippen LogP) is 2.66. The third-order valence-corrected chi connectivity index (χ3v) is 6.68. The molecule has 0 aliphatic heterocycles. The zero-order valence-electron chi connectivity index (χ0n) is 18.0. The quantitative estimate of drug-likeness (QED) is 0.516. The van der Waals surface area contributed by atoms with Gasteiger partial charge in [-0.15, -0.1) is 11.3 Å². The molecule has 1 aromatic carbocycles. The second-order valence-corrected chi connectivity index (χ2v) is 9.91. The van der Waals surface area contributed by atoms with Crippen LogP contribution in [-0.2, 0) is 16.4 Å². The lowest BCUT2D eigenvalue weighted by molar-refractivity contribution is 0.0939. The lowest BCUT2D eigenvalue weighted by atomic mass is 10.0. The van der Waals surface area contributed by atoms with Gasteiger partial charge in [-0.25, -0.2) is 13.1 Å². The number of hydrogen-bond donors (Lipinski definition) is 2. The molecule has 1 unspecified atom stereocenters. The van der Waals surface area contributed by atoms with Gasteiger partial charge >= 0.3 is 0 Å². The van der Waals surface area contributed by atoms with Gasteiger partial charge in [-0.3, -0.25) is 9.69 Å². The number of sulfonamides is 1. The molecule has 9 heteroatoms. The van der Waals surface area contributed by atoms with Crippen LogP contribution >= 0.6 is 11.3 Å². The highest BCUT2D eigenvalue weighted by molar-refractivity contribution is 7.88. The van der Waals surface area contributed by atoms with Gasteiger partial charge < -0.3 is 10.1 Å². The maximum atomic E-state index is 12.7. The van der Waals surface area contributed by atoms with Gasteiger partial charge in [0, 0.05) is 18.0 Å². The van der Waals surface area contributed by atoms with E-state index in [9.17, 15) is 13.2 Å². The van der Waals surface area contributed by atoms with Crippen LogP contribution in [0.1, 0.15) is 40.0 Å². The van der Waals surface area contributed by atoms with Crippen molar-refractivity contribution in [1.29, 1.82) is 0 Å². The zero-order valence-corrected chi connectivity index (χ0v) is 19.6. The van der Waals surface area contributed by atoms with Gasteiger partial charge in [0.1, 0.15) is 5.75 Å². The van der Waals surface area contributed by atoms with Crippen molar-refractivity contribution < 1.29 is 17.9 Å². The summed E-state index contributed by atoms with van der Waals surface area (Å²) in [5.74, 6) is 0.670. The monoisotopic (exact) mass is 453 g/mol. The Bertz CT molecular complexity index is 924. The average molecular weight is 454 g/mol. The number of thiophene rings is 1. The van der Waals surface area contributed by atoms with Crippen molar-refractivity contribution in [1.82, 2.24) is 14.9 Å². The number of ether oxygens (including phenoxy) is 1. The van der Waals surface area contributed by atoms with Crippen molar-refractivity contribution in [2.24, 2.45) is 0 Å². The highest BCUT2D eigenvalue weighted by Gasteiger charge is 2.20. The fourth-order valence-corrected chi connectivity index (χ4v) is 4.64. The number of nitrogens with one attached hydrogen (secondary N) is 2. The van der Waals surface area contributed by atoms with Gasteiger partial charge in [-0.1, -0.05) is 26.0 Å². The van der Waals surface area contributed by atoms with Crippen LogP contribution in [0.4, 0.5) is 0 Å². The van der Waals surface area contributed by atoms with Crippen molar-refractivity contribution in [3.63, 3.8) is 0 Å². The Labute approximate surface area is 183 Å². The molecule has 166 valence electrons. The third kappa shape index (κ3) is 7.39. The van der Waals surface area contributed by atoms with E-state index in [4.69, 9.17) is 4.74 Å². The lowest BCUT2D eigenvalue weighted by Gasteiger charge is -2.30. The summed E-state index contributed by atoms with van der Waals surface area (Å²) in [6.07, 6.45) is 1.69. The van der Waals surface area contributed by atoms with Gasteiger partial charge in [0.2, 0.25) is 10.0 Å². The van der Waals surface area contributed by atoms with Crippen LogP contribution in [0, 0.1) is 0 Å². The number of amides is 1. The first-order valence-corrected chi connectivity index (χ1v) is 12.7. The van der Waals surface area contributed by atoms with E-state index in [0.717, 1.165) is 35.5 Å². The molecule has 0 bridgehead atoms. The molecule has 0 aliphatic rings. The number of methoxy groups -OCH3 is 1. The molecule has 1 heterocycles. The predicted molar refractivity (Wildman–Crippen MR) is 122 cm³/mol. The first-order valence-electron chi connectivity index (χ1n) is 9.96. The number of hydrogen-bond acceptors (Lipinski definition) is 6. The molecule has 30 heavy (non-hydrogen) atoms. The second kappa shape index (κ2) is 11.5. The highest BCUT2D eigenvalue weighted by Crippen LogP contribution is 2.24. The number of benzene rings is 1. The van der Waals surface area contributed by atoms with Crippen LogP contribution in [0.15, 0.2) is 36.4 Å². The minimum absolute atomic E-state index is 0.0393. The van der Waals surface area contributed by atoms with Crippen LogP contribution in [0.2, 0.25) is 0 Å². The molecule has 0 saturated heterocycles. The smallest absolute Gasteiger partial charge is 0.261 e. The van der Waals surface area contributed by atoms with Gasteiger partial charge in [-0.2, -0.15) is 0 Å². The van der Waals surface area contributed by atoms with Crippen LogP contribution in [0.3, 0.4) is 0 Å². The van der Waals surface area contributed by atoms with Crippen LogP contribution in [0.5, 0.6) is 5.75 Å². The summed E-state index contributed by atoms with van der Waals surface area (Å²) in [4.78, 5) is 16.6. The van der Waals surface area contributed by atoms with E-state index in [1.165, 1.54) is 11.3 Å². The summed E-state index contributed by atoms with van der Waals surface area (Å²) < 4.78 is 30.1. The normalized spacial score (nSPS) is 12.7. The van der Waals surface area contributed by atoms with Crippen LogP contribution < -0.4 is 14.8 Å². The molecule has 1 amide bonds. The standard InChI is InChI=1S/C21H31N3O4S2/c1-5-24(6-2)19(16-8-7-9-17(14-16)28-3)15-22-21(25)20-11-10-18(29-20)12-13-23-30(4,26)27/h7-11,14,19,23H,5-6,12-13,15H2,1-4H3,(H,22,25). The largest absolute Gasteiger partial charge is 0.497 e. The first-order chi connectivity index (χ1) is 14.3. The number of carbonyl (C=O) groups excluding carboxylic acids is 1. The molecule has 2 N–H and O–H groups in total. The molecule has 2 aromatic rings. The van der Waals surface area contributed by atoms with Gasteiger partial charge in [0.15, 0.2) is 0 Å².